The fourth-order valence-electron chi connectivity index (χ4n) is 2.41. The van der Waals surface area contributed by atoms with Crippen LogP contribution < -0.4 is 19.6 Å². The fraction of sp³-hybridized carbons (Fsp3) is 0.318. The first-order valence-electron chi connectivity index (χ1n) is 9.70. The van der Waals surface area contributed by atoms with Crippen LogP contribution in [0.5, 0.6) is 17.2 Å². The lowest BCUT2D eigenvalue weighted by Gasteiger charge is -2.13. The van der Waals surface area contributed by atoms with Gasteiger partial charge in [-0.05, 0) is 71.2 Å². The monoisotopic (exact) mass is 492 g/mol. The minimum atomic E-state index is -0.507. The molecule has 0 fully saturated rings. The number of nitrogens with zero attached hydrogens (tertiary/aromatic N) is 1. The molecule has 31 heavy (non-hydrogen) atoms. The minimum Gasteiger partial charge on any atom is -0.494 e. The molecule has 0 spiro atoms. The molecule has 2 rings (SSSR count). The molecule has 166 valence electrons. The topological polar surface area (TPSA) is 95.5 Å². The van der Waals surface area contributed by atoms with Gasteiger partial charge in [0.15, 0.2) is 18.1 Å². The van der Waals surface area contributed by atoms with Gasteiger partial charge in [0, 0.05) is 5.56 Å². The summed E-state index contributed by atoms with van der Waals surface area (Å²) in [6.07, 6.45) is 2.39. The molecule has 8 nitrogen and oxygen atoms in total. The minimum absolute atomic E-state index is 0.249. The van der Waals surface area contributed by atoms with Gasteiger partial charge >= 0.3 is 5.97 Å². The van der Waals surface area contributed by atoms with Crippen molar-refractivity contribution in [2.24, 2.45) is 5.10 Å². The largest absolute Gasteiger partial charge is 0.494 e. The average molecular weight is 493 g/mol. The Hall–Kier alpha value is -3.07. The van der Waals surface area contributed by atoms with E-state index in [9.17, 15) is 9.59 Å². The Morgan fingerprint density at radius 3 is 2.48 bits per heavy atom. The summed E-state index contributed by atoms with van der Waals surface area (Å²) in [6.45, 7) is 4.63. The standard InChI is InChI=1S/C22H25BrN2O6/c1-4-10-30-17-8-6-16(7-9-17)22(27)25-24-13-15-11-18(23)21(19(12-15)29-5-2)31-14-20(26)28-3/h6-9,11-13H,4-5,10,14H2,1-3H3,(H,25,27)/b24-13+. The third-order valence-corrected chi connectivity index (χ3v) is 4.45. The van der Waals surface area contributed by atoms with E-state index >= 15 is 0 Å². The molecule has 0 aliphatic carbocycles. The van der Waals surface area contributed by atoms with Gasteiger partial charge in [0.05, 0.1) is 31.0 Å². The first-order valence-corrected chi connectivity index (χ1v) is 10.5. The van der Waals surface area contributed by atoms with Crippen molar-refractivity contribution in [2.45, 2.75) is 20.3 Å². The van der Waals surface area contributed by atoms with E-state index < -0.39 is 5.97 Å². The molecule has 9 heteroatoms. The average Bonchev–Trinajstić information content (AvgIpc) is 2.77. The number of esters is 1. The molecule has 2 aromatic carbocycles. The Morgan fingerprint density at radius 1 is 1.10 bits per heavy atom. The van der Waals surface area contributed by atoms with E-state index in [2.05, 4.69) is 31.2 Å². The molecular formula is C22H25BrN2O6. The highest BCUT2D eigenvalue weighted by molar-refractivity contribution is 9.10. The lowest BCUT2D eigenvalue weighted by atomic mass is 10.2. The van der Waals surface area contributed by atoms with Gasteiger partial charge in [0.1, 0.15) is 5.75 Å². The SMILES string of the molecule is CCCOc1ccc(C(=O)N/N=C/c2cc(Br)c(OCC(=O)OC)c(OCC)c2)cc1. The number of carbonyl (C=O) groups excluding carboxylic acids is 2. The van der Waals surface area contributed by atoms with Gasteiger partial charge in [0.25, 0.3) is 5.91 Å². The number of benzene rings is 2. The lowest BCUT2D eigenvalue weighted by molar-refractivity contribution is -0.142. The number of ether oxygens (including phenoxy) is 4. The van der Waals surface area contributed by atoms with Gasteiger partial charge in [-0.1, -0.05) is 6.92 Å². The summed E-state index contributed by atoms with van der Waals surface area (Å²) < 4.78 is 21.7. The van der Waals surface area contributed by atoms with Crippen LogP contribution in [0.25, 0.3) is 0 Å². The lowest BCUT2D eigenvalue weighted by Crippen LogP contribution is -2.17. The van der Waals surface area contributed by atoms with Gasteiger partial charge < -0.3 is 18.9 Å². The van der Waals surface area contributed by atoms with E-state index in [1.807, 2.05) is 13.8 Å². The van der Waals surface area contributed by atoms with Crippen molar-refractivity contribution in [2.75, 3.05) is 26.9 Å². The maximum absolute atomic E-state index is 12.3. The van der Waals surface area contributed by atoms with Crippen LogP contribution in [0, 0.1) is 0 Å². The zero-order valence-electron chi connectivity index (χ0n) is 17.6. The number of methoxy groups -OCH3 is 1. The van der Waals surface area contributed by atoms with Crippen LogP contribution in [-0.4, -0.2) is 45.0 Å². The predicted molar refractivity (Wildman–Crippen MR) is 120 cm³/mol. The van der Waals surface area contributed by atoms with Gasteiger partial charge in [-0.15, -0.1) is 0 Å². The number of carbonyl (C=O) groups is 2. The van der Waals surface area contributed by atoms with E-state index in [-0.39, 0.29) is 12.5 Å². The third-order valence-electron chi connectivity index (χ3n) is 3.86. The van der Waals surface area contributed by atoms with Crippen molar-refractivity contribution in [3.63, 3.8) is 0 Å². The molecule has 2 aromatic rings. The smallest absolute Gasteiger partial charge is 0.343 e. The number of halogens is 1. The van der Waals surface area contributed by atoms with Crippen LogP contribution in [0.3, 0.4) is 0 Å². The summed E-state index contributed by atoms with van der Waals surface area (Å²) in [5, 5.41) is 4.00. The van der Waals surface area contributed by atoms with E-state index in [4.69, 9.17) is 14.2 Å². The zero-order valence-corrected chi connectivity index (χ0v) is 19.2. The molecular weight excluding hydrogens is 468 g/mol. The highest BCUT2D eigenvalue weighted by atomic mass is 79.9. The Morgan fingerprint density at radius 2 is 1.84 bits per heavy atom. The maximum Gasteiger partial charge on any atom is 0.343 e. The van der Waals surface area contributed by atoms with Crippen LogP contribution in [0.4, 0.5) is 0 Å². The highest BCUT2D eigenvalue weighted by Crippen LogP contribution is 2.36. The normalized spacial score (nSPS) is 10.6. The highest BCUT2D eigenvalue weighted by Gasteiger charge is 2.14. The molecule has 0 aromatic heterocycles. The van der Waals surface area contributed by atoms with Crippen LogP contribution >= 0.6 is 15.9 Å². The summed E-state index contributed by atoms with van der Waals surface area (Å²) in [4.78, 5) is 23.6. The number of rotatable bonds is 11. The van der Waals surface area contributed by atoms with Gasteiger partial charge in [-0.25, -0.2) is 10.2 Å². The fourth-order valence-corrected chi connectivity index (χ4v) is 2.98. The molecule has 0 atom stereocenters. The second-order valence-electron chi connectivity index (χ2n) is 6.20. The number of hydrogen-bond donors (Lipinski definition) is 1. The van der Waals surface area contributed by atoms with E-state index in [0.29, 0.717) is 46.1 Å². The summed E-state index contributed by atoms with van der Waals surface area (Å²) in [5.41, 5.74) is 3.60. The van der Waals surface area contributed by atoms with Crippen molar-refractivity contribution >= 4 is 34.0 Å². The summed E-state index contributed by atoms with van der Waals surface area (Å²) in [5.74, 6) is 0.660. The molecule has 1 N–H and O–H groups in total. The van der Waals surface area contributed by atoms with Crippen LogP contribution in [0.2, 0.25) is 0 Å². The van der Waals surface area contributed by atoms with Gasteiger partial charge in [0.2, 0.25) is 0 Å². The van der Waals surface area contributed by atoms with Crippen molar-refractivity contribution < 1.29 is 28.5 Å². The summed E-state index contributed by atoms with van der Waals surface area (Å²) >= 11 is 3.40. The van der Waals surface area contributed by atoms with Crippen molar-refractivity contribution in [1.82, 2.24) is 5.43 Å². The summed E-state index contributed by atoms with van der Waals surface area (Å²) in [6, 6.07) is 10.3. The predicted octanol–water partition coefficient (Wildman–Crippen LogP) is 3.95. The number of hydrazone groups is 1. The molecule has 0 saturated carbocycles. The van der Waals surface area contributed by atoms with Gasteiger partial charge in [-0.2, -0.15) is 5.10 Å². The van der Waals surface area contributed by atoms with Crippen LogP contribution in [0.1, 0.15) is 36.2 Å². The van der Waals surface area contributed by atoms with Crippen molar-refractivity contribution in [3.05, 3.63) is 52.0 Å². The molecule has 1 amide bonds. The molecule has 0 aliphatic heterocycles. The Bertz CT molecular complexity index is 915. The number of hydrogen-bond acceptors (Lipinski definition) is 7. The molecule has 0 aliphatic rings. The zero-order chi connectivity index (χ0) is 22.6. The number of amides is 1. The first kappa shape index (κ1) is 24.2. The molecule has 0 radical (unpaired) electrons. The van der Waals surface area contributed by atoms with E-state index in [1.54, 1.807) is 36.4 Å². The van der Waals surface area contributed by atoms with Crippen LogP contribution in [0.15, 0.2) is 46.0 Å². The van der Waals surface area contributed by atoms with Crippen molar-refractivity contribution in [1.29, 1.82) is 0 Å². The quantitative estimate of drug-likeness (QED) is 0.289. The molecule has 0 heterocycles. The van der Waals surface area contributed by atoms with Gasteiger partial charge in [-0.3, -0.25) is 4.79 Å². The van der Waals surface area contributed by atoms with E-state index in [1.165, 1.54) is 13.3 Å². The Labute approximate surface area is 189 Å². The molecule has 0 unspecified atom stereocenters. The second-order valence-corrected chi connectivity index (χ2v) is 7.05. The molecule has 0 bridgehead atoms. The second kappa shape index (κ2) is 12.6. The Kier molecular flexibility index (Phi) is 9.83. The third kappa shape index (κ3) is 7.60. The molecule has 0 saturated heterocycles. The Balaban J connectivity index is 2.05. The number of nitrogens with one attached hydrogen (secondary N) is 1. The first-order chi connectivity index (χ1) is 15.0. The van der Waals surface area contributed by atoms with Crippen molar-refractivity contribution in [3.8, 4) is 17.2 Å². The van der Waals surface area contributed by atoms with Crippen LogP contribution in [-0.2, 0) is 9.53 Å². The maximum atomic E-state index is 12.3. The van der Waals surface area contributed by atoms with E-state index in [0.717, 1.165) is 6.42 Å². The summed E-state index contributed by atoms with van der Waals surface area (Å²) in [7, 11) is 1.28.